The van der Waals surface area contributed by atoms with Crippen molar-refractivity contribution in [3.05, 3.63) is 0 Å². The predicted octanol–water partition coefficient (Wildman–Crippen LogP) is -0.0294. The van der Waals surface area contributed by atoms with Crippen molar-refractivity contribution in [1.82, 2.24) is 15.5 Å². The number of nitrogens with zero attached hydrogens (tertiary/aromatic N) is 1. The summed E-state index contributed by atoms with van der Waals surface area (Å²) in [6, 6.07) is 0. The topological polar surface area (TPSA) is 61.4 Å². The standard InChI is InChI=1S/C13H23N3O2/c1-14-6-7-15-12(17)11-3-2-8-16(9-11)13(18)10-4-5-10/h10-11,14H,2-9H2,1H3,(H,15,17). The van der Waals surface area contributed by atoms with Gasteiger partial charge in [-0.1, -0.05) is 0 Å². The summed E-state index contributed by atoms with van der Waals surface area (Å²) in [6.45, 7) is 2.88. The smallest absolute Gasteiger partial charge is 0.225 e. The lowest BCUT2D eigenvalue weighted by Gasteiger charge is -2.32. The predicted molar refractivity (Wildman–Crippen MR) is 69.0 cm³/mol. The molecule has 2 rings (SSSR count). The first kappa shape index (κ1) is 13.3. The Morgan fingerprint density at radius 2 is 1.94 bits per heavy atom. The van der Waals surface area contributed by atoms with Crippen molar-refractivity contribution in [2.45, 2.75) is 25.7 Å². The number of hydrogen-bond donors (Lipinski definition) is 2. The summed E-state index contributed by atoms with van der Waals surface area (Å²) in [5, 5.41) is 5.92. The summed E-state index contributed by atoms with van der Waals surface area (Å²) >= 11 is 0. The fourth-order valence-corrected chi connectivity index (χ4v) is 2.43. The zero-order valence-electron chi connectivity index (χ0n) is 11.1. The van der Waals surface area contributed by atoms with Gasteiger partial charge in [0.2, 0.25) is 11.8 Å². The quantitative estimate of drug-likeness (QED) is 0.676. The molecule has 1 saturated heterocycles. The largest absolute Gasteiger partial charge is 0.355 e. The summed E-state index contributed by atoms with van der Waals surface area (Å²) in [5.74, 6) is 0.607. The highest BCUT2D eigenvalue weighted by molar-refractivity contribution is 5.83. The minimum Gasteiger partial charge on any atom is -0.355 e. The molecule has 5 heteroatoms. The Balaban J connectivity index is 1.78. The van der Waals surface area contributed by atoms with Gasteiger partial charge in [-0.25, -0.2) is 0 Å². The first-order valence-corrected chi connectivity index (χ1v) is 6.93. The van der Waals surface area contributed by atoms with Crippen molar-refractivity contribution in [3.63, 3.8) is 0 Å². The van der Waals surface area contributed by atoms with Crippen LogP contribution in [0.1, 0.15) is 25.7 Å². The number of carbonyl (C=O) groups excluding carboxylic acids is 2. The molecule has 2 amide bonds. The van der Waals surface area contributed by atoms with Crippen LogP contribution in [0.15, 0.2) is 0 Å². The van der Waals surface area contributed by atoms with Crippen LogP contribution in [0.4, 0.5) is 0 Å². The number of hydrogen-bond acceptors (Lipinski definition) is 3. The van der Waals surface area contributed by atoms with Gasteiger partial charge in [-0.15, -0.1) is 0 Å². The second-order valence-corrected chi connectivity index (χ2v) is 5.29. The zero-order valence-corrected chi connectivity index (χ0v) is 11.1. The molecule has 1 aliphatic carbocycles. The lowest BCUT2D eigenvalue weighted by Crippen LogP contribution is -2.46. The van der Waals surface area contributed by atoms with Gasteiger partial charge in [-0.05, 0) is 32.7 Å². The third-order valence-corrected chi connectivity index (χ3v) is 3.70. The monoisotopic (exact) mass is 253 g/mol. The minimum absolute atomic E-state index is 0.0155. The van der Waals surface area contributed by atoms with E-state index in [2.05, 4.69) is 10.6 Å². The van der Waals surface area contributed by atoms with Gasteiger partial charge in [0.05, 0.1) is 5.92 Å². The Kier molecular flexibility index (Phi) is 4.58. The van der Waals surface area contributed by atoms with Crippen LogP contribution in [0.25, 0.3) is 0 Å². The maximum Gasteiger partial charge on any atom is 0.225 e. The molecule has 2 N–H and O–H groups in total. The molecule has 102 valence electrons. The van der Waals surface area contributed by atoms with Crippen LogP contribution in [0, 0.1) is 11.8 Å². The summed E-state index contributed by atoms with van der Waals surface area (Å²) in [5.41, 5.74) is 0. The number of amides is 2. The van der Waals surface area contributed by atoms with Crippen LogP contribution in [0.3, 0.4) is 0 Å². The van der Waals surface area contributed by atoms with Crippen molar-refractivity contribution >= 4 is 11.8 Å². The van der Waals surface area contributed by atoms with Crippen LogP contribution in [0.2, 0.25) is 0 Å². The third kappa shape index (κ3) is 3.45. The van der Waals surface area contributed by atoms with E-state index in [4.69, 9.17) is 0 Å². The highest BCUT2D eigenvalue weighted by Gasteiger charge is 2.36. The molecule has 1 heterocycles. The molecule has 0 aromatic rings. The number of likely N-dealkylation sites (tertiary alicyclic amines) is 1. The van der Waals surface area contributed by atoms with Gasteiger partial charge in [-0.3, -0.25) is 9.59 Å². The highest BCUT2D eigenvalue weighted by Crippen LogP contribution is 2.32. The lowest BCUT2D eigenvalue weighted by molar-refractivity contribution is -0.136. The van der Waals surface area contributed by atoms with Crippen molar-refractivity contribution in [2.24, 2.45) is 11.8 Å². The Morgan fingerprint density at radius 1 is 1.17 bits per heavy atom. The van der Waals surface area contributed by atoms with Crippen LogP contribution in [-0.2, 0) is 9.59 Å². The number of rotatable bonds is 5. The zero-order chi connectivity index (χ0) is 13.0. The number of likely N-dealkylation sites (N-methyl/N-ethyl adjacent to an activating group) is 1. The Bertz CT molecular complexity index is 315. The van der Waals surface area contributed by atoms with Crippen LogP contribution < -0.4 is 10.6 Å². The molecule has 0 spiro atoms. The molecule has 1 aliphatic heterocycles. The van der Waals surface area contributed by atoms with Gasteiger partial charge in [0, 0.05) is 32.1 Å². The van der Waals surface area contributed by atoms with E-state index in [1.807, 2.05) is 11.9 Å². The van der Waals surface area contributed by atoms with E-state index in [0.29, 0.717) is 13.1 Å². The Hall–Kier alpha value is -1.10. The molecule has 2 aliphatic rings. The van der Waals surface area contributed by atoms with Gasteiger partial charge in [0.15, 0.2) is 0 Å². The van der Waals surface area contributed by atoms with Gasteiger partial charge >= 0.3 is 0 Å². The summed E-state index contributed by atoms with van der Waals surface area (Å²) in [4.78, 5) is 25.8. The normalized spacial score (nSPS) is 23.8. The van der Waals surface area contributed by atoms with E-state index in [1.165, 1.54) is 0 Å². The second kappa shape index (κ2) is 6.18. The van der Waals surface area contributed by atoms with Crippen molar-refractivity contribution in [3.8, 4) is 0 Å². The summed E-state index contributed by atoms with van der Waals surface area (Å²) in [7, 11) is 1.86. The first-order valence-electron chi connectivity index (χ1n) is 6.93. The average molecular weight is 253 g/mol. The molecule has 0 aromatic heterocycles. The molecule has 1 atom stereocenters. The van der Waals surface area contributed by atoms with E-state index < -0.39 is 0 Å². The van der Waals surface area contributed by atoms with Crippen LogP contribution in [0.5, 0.6) is 0 Å². The average Bonchev–Trinajstić information content (AvgIpc) is 3.22. The maximum absolute atomic E-state index is 12.0. The molecule has 5 nitrogen and oxygen atoms in total. The van der Waals surface area contributed by atoms with Gasteiger partial charge in [0.25, 0.3) is 0 Å². The van der Waals surface area contributed by atoms with E-state index in [0.717, 1.165) is 38.8 Å². The lowest BCUT2D eigenvalue weighted by atomic mass is 9.96. The number of carbonyl (C=O) groups is 2. The van der Waals surface area contributed by atoms with E-state index in [-0.39, 0.29) is 23.7 Å². The Labute approximate surface area is 108 Å². The molecule has 1 unspecified atom stereocenters. The van der Waals surface area contributed by atoms with Crippen molar-refractivity contribution < 1.29 is 9.59 Å². The fraction of sp³-hybridized carbons (Fsp3) is 0.846. The second-order valence-electron chi connectivity index (χ2n) is 5.29. The third-order valence-electron chi connectivity index (χ3n) is 3.70. The van der Waals surface area contributed by atoms with Crippen molar-refractivity contribution in [1.29, 1.82) is 0 Å². The fourth-order valence-electron chi connectivity index (χ4n) is 2.43. The van der Waals surface area contributed by atoms with E-state index in [1.54, 1.807) is 0 Å². The molecule has 0 radical (unpaired) electrons. The minimum atomic E-state index is -0.0155. The van der Waals surface area contributed by atoms with Gasteiger partial charge in [0.1, 0.15) is 0 Å². The molecule has 0 aromatic carbocycles. The maximum atomic E-state index is 12.0. The molecular formula is C13H23N3O2. The van der Waals surface area contributed by atoms with Crippen LogP contribution in [-0.4, -0.2) is 49.9 Å². The Morgan fingerprint density at radius 3 is 2.61 bits per heavy atom. The molecule has 1 saturated carbocycles. The molecule has 2 fully saturated rings. The molecular weight excluding hydrogens is 230 g/mol. The highest BCUT2D eigenvalue weighted by atomic mass is 16.2. The molecule has 18 heavy (non-hydrogen) atoms. The summed E-state index contributed by atoms with van der Waals surface area (Å²) < 4.78 is 0. The van der Waals surface area contributed by atoms with E-state index >= 15 is 0 Å². The van der Waals surface area contributed by atoms with Gasteiger partial charge in [-0.2, -0.15) is 0 Å². The van der Waals surface area contributed by atoms with Crippen LogP contribution >= 0.6 is 0 Å². The summed E-state index contributed by atoms with van der Waals surface area (Å²) in [6.07, 6.45) is 3.92. The van der Waals surface area contributed by atoms with E-state index in [9.17, 15) is 9.59 Å². The molecule has 0 bridgehead atoms. The number of piperidine rings is 1. The first-order chi connectivity index (χ1) is 8.72. The number of nitrogens with one attached hydrogen (secondary N) is 2. The van der Waals surface area contributed by atoms with Crippen molar-refractivity contribution in [2.75, 3.05) is 33.2 Å². The van der Waals surface area contributed by atoms with Gasteiger partial charge < -0.3 is 15.5 Å². The SMILES string of the molecule is CNCCNC(=O)C1CCCN(C(=O)C2CC2)C1.